The highest BCUT2D eigenvalue weighted by atomic mass is 35.5. The van der Waals surface area contributed by atoms with E-state index in [4.69, 9.17) is 11.6 Å². The average molecular weight is 278 g/mol. The average Bonchev–Trinajstić information content (AvgIpc) is 2.63. The molecule has 4 heteroatoms. The molecule has 0 amide bonds. The van der Waals surface area contributed by atoms with Crippen molar-refractivity contribution in [3.8, 4) is 0 Å². The quantitative estimate of drug-likeness (QED) is 0.732. The molecule has 0 aliphatic carbocycles. The molecule has 1 heterocycles. The first kappa shape index (κ1) is 14.4. The first-order valence-corrected chi connectivity index (χ1v) is 7.52. The molecule has 0 aliphatic rings. The van der Waals surface area contributed by atoms with Gasteiger partial charge in [-0.25, -0.2) is 0 Å². The number of thiophene rings is 1. The standard InChI is InChI=1S/C12H20ClNS2/c1-3-4-10(9-15)7-14(2)8-11-5-6-12(13)16-11/h5-6,10,15H,3-4,7-9H2,1-2H3. The summed E-state index contributed by atoms with van der Waals surface area (Å²) in [5.41, 5.74) is 0. The Hall–Kier alpha value is 0.300. The van der Waals surface area contributed by atoms with Gasteiger partial charge in [0.1, 0.15) is 0 Å². The summed E-state index contributed by atoms with van der Waals surface area (Å²) in [5.74, 6) is 1.68. The molecule has 0 aliphatic heterocycles. The minimum Gasteiger partial charge on any atom is -0.301 e. The van der Waals surface area contributed by atoms with Crippen LogP contribution in [0.15, 0.2) is 12.1 Å². The zero-order chi connectivity index (χ0) is 12.0. The highest BCUT2D eigenvalue weighted by Gasteiger charge is 2.10. The minimum atomic E-state index is 0.703. The third kappa shape index (κ3) is 5.09. The maximum Gasteiger partial charge on any atom is 0.0931 e. The third-order valence-corrected chi connectivity index (χ3v) is 4.31. The number of hydrogen-bond donors (Lipinski definition) is 1. The van der Waals surface area contributed by atoms with Crippen LogP contribution in [-0.2, 0) is 6.54 Å². The van der Waals surface area contributed by atoms with Gasteiger partial charge in [-0.15, -0.1) is 11.3 Å². The Morgan fingerprint density at radius 3 is 2.75 bits per heavy atom. The van der Waals surface area contributed by atoms with Crippen LogP contribution >= 0.6 is 35.6 Å². The largest absolute Gasteiger partial charge is 0.301 e. The summed E-state index contributed by atoms with van der Waals surface area (Å²) in [4.78, 5) is 3.69. The highest BCUT2D eigenvalue weighted by Crippen LogP contribution is 2.22. The number of thiol groups is 1. The zero-order valence-corrected chi connectivity index (χ0v) is 12.4. The van der Waals surface area contributed by atoms with E-state index < -0.39 is 0 Å². The maximum absolute atomic E-state index is 5.91. The van der Waals surface area contributed by atoms with Gasteiger partial charge in [-0.05, 0) is 37.3 Å². The van der Waals surface area contributed by atoms with Crippen LogP contribution in [0.4, 0.5) is 0 Å². The second-order valence-corrected chi connectivity index (χ2v) is 6.40. The van der Waals surface area contributed by atoms with Crippen LogP contribution in [0.1, 0.15) is 24.6 Å². The molecule has 0 bridgehead atoms. The first-order valence-electron chi connectivity index (χ1n) is 5.69. The first-order chi connectivity index (χ1) is 7.65. The Morgan fingerprint density at radius 2 is 2.25 bits per heavy atom. The molecule has 1 atom stereocenters. The lowest BCUT2D eigenvalue weighted by molar-refractivity contribution is 0.275. The SMILES string of the molecule is CCCC(CS)CN(C)Cc1ccc(Cl)s1. The van der Waals surface area contributed by atoms with Gasteiger partial charge >= 0.3 is 0 Å². The fourth-order valence-electron chi connectivity index (χ4n) is 1.86. The third-order valence-electron chi connectivity index (χ3n) is 2.58. The van der Waals surface area contributed by atoms with Crippen LogP contribution in [0.25, 0.3) is 0 Å². The van der Waals surface area contributed by atoms with Crippen LogP contribution in [0, 0.1) is 5.92 Å². The molecule has 1 aromatic rings. The van der Waals surface area contributed by atoms with Crippen LogP contribution < -0.4 is 0 Å². The van der Waals surface area contributed by atoms with E-state index in [1.165, 1.54) is 17.7 Å². The molecule has 16 heavy (non-hydrogen) atoms. The topological polar surface area (TPSA) is 3.24 Å². The summed E-state index contributed by atoms with van der Waals surface area (Å²) in [6.07, 6.45) is 2.50. The van der Waals surface area contributed by atoms with Crippen molar-refractivity contribution in [2.24, 2.45) is 5.92 Å². The summed E-state index contributed by atoms with van der Waals surface area (Å²) < 4.78 is 0.878. The van der Waals surface area contributed by atoms with Crippen molar-refractivity contribution in [1.82, 2.24) is 4.90 Å². The molecule has 0 N–H and O–H groups in total. The van der Waals surface area contributed by atoms with Gasteiger partial charge in [0.05, 0.1) is 4.34 Å². The fraction of sp³-hybridized carbons (Fsp3) is 0.667. The maximum atomic E-state index is 5.91. The number of hydrogen-bond acceptors (Lipinski definition) is 3. The van der Waals surface area contributed by atoms with Crippen molar-refractivity contribution in [2.45, 2.75) is 26.3 Å². The Balaban J connectivity index is 2.37. The van der Waals surface area contributed by atoms with E-state index in [1.807, 2.05) is 6.07 Å². The minimum absolute atomic E-state index is 0.703. The highest BCUT2D eigenvalue weighted by molar-refractivity contribution is 7.80. The molecule has 0 radical (unpaired) electrons. The lowest BCUT2D eigenvalue weighted by atomic mass is 10.1. The van der Waals surface area contributed by atoms with E-state index in [2.05, 4.69) is 37.6 Å². The summed E-state index contributed by atoms with van der Waals surface area (Å²) in [5, 5.41) is 0. The van der Waals surface area contributed by atoms with E-state index in [0.717, 1.165) is 23.2 Å². The fourth-order valence-corrected chi connectivity index (χ4v) is 3.32. The number of halogens is 1. The molecular formula is C12H20ClNS2. The molecule has 1 rings (SSSR count). The molecule has 1 nitrogen and oxygen atoms in total. The number of rotatable bonds is 7. The van der Waals surface area contributed by atoms with Crippen LogP contribution in [0.5, 0.6) is 0 Å². The Bertz CT molecular complexity index is 301. The molecular weight excluding hydrogens is 258 g/mol. The summed E-state index contributed by atoms with van der Waals surface area (Å²) in [7, 11) is 2.17. The van der Waals surface area contributed by atoms with Crippen molar-refractivity contribution < 1.29 is 0 Å². The molecule has 1 unspecified atom stereocenters. The Labute approximate surface area is 113 Å². The van der Waals surface area contributed by atoms with E-state index in [-0.39, 0.29) is 0 Å². The van der Waals surface area contributed by atoms with Crippen molar-refractivity contribution in [3.63, 3.8) is 0 Å². The van der Waals surface area contributed by atoms with Crippen molar-refractivity contribution in [2.75, 3.05) is 19.3 Å². The second kappa shape index (κ2) is 7.59. The summed E-state index contributed by atoms with van der Waals surface area (Å²) in [6.45, 7) is 4.34. The van der Waals surface area contributed by atoms with Crippen molar-refractivity contribution in [3.05, 3.63) is 21.3 Å². The lowest BCUT2D eigenvalue weighted by Gasteiger charge is -2.21. The molecule has 0 spiro atoms. The van der Waals surface area contributed by atoms with Gasteiger partial charge in [-0.1, -0.05) is 24.9 Å². The second-order valence-electron chi connectivity index (χ2n) is 4.24. The Morgan fingerprint density at radius 1 is 1.50 bits per heavy atom. The van der Waals surface area contributed by atoms with E-state index in [0.29, 0.717) is 5.92 Å². The van der Waals surface area contributed by atoms with Crippen molar-refractivity contribution >= 4 is 35.6 Å². The van der Waals surface area contributed by atoms with Crippen LogP contribution in [-0.4, -0.2) is 24.2 Å². The summed E-state index contributed by atoms with van der Waals surface area (Å²) in [6, 6.07) is 4.08. The smallest absolute Gasteiger partial charge is 0.0931 e. The van der Waals surface area contributed by atoms with E-state index in [9.17, 15) is 0 Å². The van der Waals surface area contributed by atoms with Gasteiger partial charge in [0.15, 0.2) is 0 Å². The van der Waals surface area contributed by atoms with Gasteiger partial charge < -0.3 is 4.90 Å². The number of nitrogens with zero attached hydrogens (tertiary/aromatic N) is 1. The van der Waals surface area contributed by atoms with Crippen molar-refractivity contribution in [1.29, 1.82) is 0 Å². The van der Waals surface area contributed by atoms with E-state index >= 15 is 0 Å². The van der Waals surface area contributed by atoms with Crippen LogP contribution in [0.2, 0.25) is 4.34 Å². The molecule has 0 aromatic carbocycles. The van der Waals surface area contributed by atoms with Gasteiger partial charge in [0, 0.05) is 18.0 Å². The van der Waals surface area contributed by atoms with Crippen LogP contribution in [0.3, 0.4) is 0 Å². The lowest BCUT2D eigenvalue weighted by Crippen LogP contribution is -2.26. The zero-order valence-electron chi connectivity index (χ0n) is 9.95. The van der Waals surface area contributed by atoms with Gasteiger partial charge in [-0.2, -0.15) is 12.6 Å². The Kier molecular flexibility index (Phi) is 6.81. The predicted molar refractivity (Wildman–Crippen MR) is 77.9 cm³/mol. The van der Waals surface area contributed by atoms with Gasteiger partial charge in [0.2, 0.25) is 0 Å². The summed E-state index contributed by atoms with van der Waals surface area (Å²) >= 11 is 12.0. The van der Waals surface area contributed by atoms with Gasteiger partial charge in [0.25, 0.3) is 0 Å². The molecule has 0 fully saturated rings. The molecule has 0 saturated heterocycles. The molecule has 1 aromatic heterocycles. The predicted octanol–water partition coefficient (Wildman–Crippen LogP) is 4.18. The monoisotopic (exact) mass is 277 g/mol. The molecule has 92 valence electrons. The van der Waals surface area contributed by atoms with E-state index in [1.54, 1.807) is 11.3 Å². The van der Waals surface area contributed by atoms with Gasteiger partial charge in [-0.3, -0.25) is 0 Å². The molecule has 0 saturated carbocycles. The normalized spacial score (nSPS) is 13.3.